The van der Waals surface area contributed by atoms with Gasteiger partial charge < -0.3 is 14.6 Å². The number of aromatic nitrogens is 1. The topological polar surface area (TPSA) is 111 Å². The number of nitrogens with zero attached hydrogens (tertiary/aromatic N) is 1. The third-order valence-electron chi connectivity index (χ3n) is 3.46. The van der Waals surface area contributed by atoms with Crippen LogP contribution in [-0.2, 0) is 14.8 Å². The van der Waals surface area contributed by atoms with Crippen LogP contribution in [0.4, 0.5) is 5.69 Å². The molecule has 1 aromatic heterocycles. The van der Waals surface area contributed by atoms with Crippen molar-refractivity contribution in [3.05, 3.63) is 41.3 Å². The first-order chi connectivity index (χ1) is 11.9. The smallest absolute Gasteiger partial charge is 0.267 e. The van der Waals surface area contributed by atoms with Crippen LogP contribution in [0.25, 0.3) is 0 Å². The van der Waals surface area contributed by atoms with Crippen LogP contribution in [0.15, 0.2) is 33.7 Å². The number of sulfonamides is 1. The Morgan fingerprint density at radius 1 is 1.28 bits per heavy atom. The SMILES string of the molecule is COCCCNC(=O)c1ccccc1NS(=O)(=O)c1c(C)noc1C. The molecule has 0 aliphatic rings. The summed E-state index contributed by atoms with van der Waals surface area (Å²) in [6.45, 7) is 4.01. The second-order valence-electron chi connectivity index (χ2n) is 5.41. The highest BCUT2D eigenvalue weighted by Gasteiger charge is 2.25. The second kappa shape index (κ2) is 8.13. The number of amides is 1. The summed E-state index contributed by atoms with van der Waals surface area (Å²) in [5, 5.41) is 6.39. The molecule has 0 fully saturated rings. The molecule has 136 valence electrons. The Bertz CT molecular complexity index is 826. The third-order valence-corrected chi connectivity index (χ3v) is 5.07. The molecule has 0 saturated heterocycles. The van der Waals surface area contributed by atoms with Crippen molar-refractivity contribution < 1.29 is 22.5 Å². The summed E-state index contributed by atoms with van der Waals surface area (Å²) >= 11 is 0. The van der Waals surface area contributed by atoms with Gasteiger partial charge in [0.15, 0.2) is 10.7 Å². The first-order valence-corrected chi connectivity index (χ1v) is 9.17. The van der Waals surface area contributed by atoms with Crippen molar-refractivity contribution in [3.63, 3.8) is 0 Å². The Morgan fingerprint density at radius 2 is 2.00 bits per heavy atom. The van der Waals surface area contributed by atoms with Crippen molar-refractivity contribution in [2.75, 3.05) is 25.0 Å². The molecule has 9 heteroatoms. The lowest BCUT2D eigenvalue weighted by atomic mass is 10.1. The van der Waals surface area contributed by atoms with E-state index in [0.29, 0.717) is 19.6 Å². The fourth-order valence-electron chi connectivity index (χ4n) is 2.34. The Kier molecular flexibility index (Phi) is 6.16. The van der Waals surface area contributed by atoms with Gasteiger partial charge in [-0.2, -0.15) is 0 Å². The van der Waals surface area contributed by atoms with Crippen molar-refractivity contribution in [2.24, 2.45) is 0 Å². The fraction of sp³-hybridized carbons (Fsp3) is 0.375. The average Bonchev–Trinajstić information content (AvgIpc) is 2.91. The van der Waals surface area contributed by atoms with Gasteiger partial charge in [0.2, 0.25) is 0 Å². The van der Waals surface area contributed by atoms with Crippen molar-refractivity contribution in [2.45, 2.75) is 25.2 Å². The monoisotopic (exact) mass is 367 g/mol. The molecule has 0 unspecified atom stereocenters. The Hall–Kier alpha value is -2.39. The predicted molar refractivity (Wildman–Crippen MR) is 92.1 cm³/mol. The van der Waals surface area contributed by atoms with E-state index in [1.54, 1.807) is 32.2 Å². The molecule has 25 heavy (non-hydrogen) atoms. The van der Waals surface area contributed by atoms with Crippen LogP contribution in [0.2, 0.25) is 0 Å². The molecule has 0 radical (unpaired) electrons. The van der Waals surface area contributed by atoms with Crippen LogP contribution < -0.4 is 10.0 Å². The van der Waals surface area contributed by atoms with Crippen LogP contribution in [0.5, 0.6) is 0 Å². The lowest BCUT2D eigenvalue weighted by Crippen LogP contribution is -2.27. The molecule has 0 saturated carbocycles. The first-order valence-electron chi connectivity index (χ1n) is 7.68. The van der Waals surface area contributed by atoms with Crippen LogP contribution in [0, 0.1) is 13.8 Å². The van der Waals surface area contributed by atoms with Crippen molar-refractivity contribution in [3.8, 4) is 0 Å². The summed E-state index contributed by atoms with van der Waals surface area (Å²) in [5.74, 6) is -0.181. The van der Waals surface area contributed by atoms with Crippen molar-refractivity contribution >= 4 is 21.6 Å². The number of carbonyl (C=O) groups excluding carboxylic acids is 1. The number of para-hydroxylation sites is 1. The maximum Gasteiger partial charge on any atom is 0.267 e. The molecule has 1 amide bonds. The van der Waals surface area contributed by atoms with E-state index in [0.717, 1.165) is 0 Å². The normalized spacial score (nSPS) is 11.3. The predicted octanol–water partition coefficient (Wildman–Crippen LogP) is 1.86. The van der Waals surface area contributed by atoms with Gasteiger partial charge in [0, 0.05) is 20.3 Å². The Balaban J connectivity index is 2.22. The minimum Gasteiger partial charge on any atom is -0.385 e. The molecule has 2 rings (SSSR count). The molecule has 8 nitrogen and oxygen atoms in total. The van der Waals surface area contributed by atoms with E-state index < -0.39 is 10.0 Å². The van der Waals surface area contributed by atoms with Gasteiger partial charge >= 0.3 is 0 Å². The summed E-state index contributed by atoms with van der Waals surface area (Å²) in [4.78, 5) is 12.3. The van der Waals surface area contributed by atoms with E-state index in [1.165, 1.54) is 13.0 Å². The molecule has 0 atom stereocenters. The van der Waals surface area contributed by atoms with Gasteiger partial charge in [0.25, 0.3) is 15.9 Å². The Morgan fingerprint density at radius 3 is 2.64 bits per heavy atom. The van der Waals surface area contributed by atoms with Gasteiger partial charge in [-0.3, -0.25) is 9.52 Å². The molecule has 1 aromatic carbocycles. The van der Waals surface area contributed by atoms with E-state index in [1.807, 2.05) is 0 Å². The van der Waals surface area contributed by atoms with Crippen molar-refractivity contribution in [1.82, 2.24) is 10.5 Å². The molecular weight excluding hydrogens is 346 g/mol. The number of anilines is 1. The first kappa shape index (κ1) is 18.9. The van der Waals surface area contributed by atoms with Crippen molar-refractivity contribution in [1.29, 1.82) is 0 Å². The number of hydrogen-bond acceptors (Lipinski definition) is 6. The van der Waals surface area contributed by atoms with E-state index in [-0.39, 0.29) is 33.5 Å². The summed E-state index contributed by atoms with van der Waals surface area (Å²) in [6.07, 6.45) is 0.662. The maximum atomic E-state index is 12.6. The molecule has 2 N–H and O–H groups in total. The van der Waals surface area contributed by atoms with Crippen LogP contribution >= 0.6 is 0 Å². The fourth-order valence-corrected chi connectivity index (χ4v) is 3.75. The zero-order valence-corrected chi connectivity index (χ0v) is 15.1. The second-order valence-corrected chi connectivity index (χ2v) is 7.03. The quantitative estimate of drug-likeness (QED) is 0.689. The van der Waals surface area contributed by atoms with Crippen LogP contribution in [0.3, 0.4) is 0 Å². The summed E-state index contributed by atoms with van der Waals surface area (Å²) in [7, 11) is -2.34. The molecule has 0 aliphatic carbocycles. The number of hydrogen-bond donors (Lipinski definition) is 2. The van der Waals surface area contributed by atoms with E-state index >= 15 is 0 Å². The van der Waals surface area contributed by atoms with Gasteiger partial charge in [-0.15, -0.1) is 0 Å². The number of methoxy groups -OCH3 is 1. The number of ether oxygens (including phenoxy) is 1. The van der Waals surface area contributed by atoms with Gasteiger partial charge in [-0.1, -0.05) is 17.3 Å². The standard InChI is InChI=1S/C16H21N3O5S/c1-11-15(12(2)24-18-11)25(21,22)19-14-8-5-4-7-13(14)16(20)17-9-6-10-23-3/h4-5,7-8,19H,6,9-10H2,1-3H3,(H,17,20). The lowest BCUT2D eigenvalue weighted by Gasteiger charge is -2.12. The van der Waals surface area contributed by atoms with E-state index in [2.05, 4.69) is 15.2 Å². The van der Waals surface area contributed by atoms with Gasteiger partial charge in [0.05, 0.1) is 11.3 Å². The maximum absolute atomic E-state index is 12.6. The lowest BCUT2D eigenvalue weighted by molar-refractivity contribution is 0.0949. The van der Waals surface area contributed by atoms with Gasteiger partial charge in [0.1, 0.15) is 5.69 Å². The number of nitrogens with one attached hydrogen (secondary N) is 2. The van der Waals surface area contributed by atoms with Crippen LogP contribution in [0.1, 0.15) is 28.2 Å². The van der Waals surface area contributed by atoms with Gasteiger partial charge in [-0.25, -0.2) is 8.42 Å². The zero-order valence-electron chi connectivity index (χ0n) is 14.3. The largest absolute Gasteiger partial charge is 0.385 e. The molecule has 2 aromatic rings. The highest BCUT2D eigenvalue weighted by atomic mass is 32.2. The summed E-state index contributed by atoms with van der Waals surface area (Å²) < 4.78 is 37.5. The number of carbonyl (C=O) groups is 1. The van der Waals surface area contributed by atoms with Gasteiger partial charge in [-0.05, 0) is 32.4 Å². The zero-order chi connectivity index (χ0) is 18.4. The summed E-state index contributed by atoms with van der Waals surface area (Å²) in [6, 6.07) is 6.39. The molecule has 0 bridgehead atoms. The number of benzene rings is 1. The van der Waals surface area contributed by atoms with E-state index in [9.17, 15) is 13.2 Å². The number of aryl methyl sites for hydroxylation is 2. The molecule has 0 spiro atoms. The number of rotatable bonds is 8. The van der Waals surface area contributed by atoms with Crippen LogP contribution in [-0.4, -0.2) is 39.7 Å². The minimum atomic E-state index is -3.92. The highest BCUT2D eigenvalue weighted by molar-refractivity contribution is 7.92. The molecule has 0 aliphatic heterocycles. The third kappa shape index (κ3) is 4.58. The minimum absolute atomic E-state index is 0.0252. The Labute approximate surface area is 146 Å². The molecular formula is C16H21N3O5S. The highest BCUT2D eigenvalue weighted by Crippen LogP contribution is 2.24. The average molecular weight is 367 g/mol. The summed E-state index contributed by atoms with van der Waals surface area (Å²) in [5.41, 5.74) is 0.675. The molecule has 1 heterocycles. The van der Waals surface area contributed by atoms with E-state index in [4.69, 9.17) is 9.26 Å².